The number of nitrogens with one attached hydrogen (secondary N) is 1. The summed E-state index contributed by atoms with van der Waals surface area (Å²) >= 11 is 0. The molecular weight excluding hydrogens is 258 g/mol. The second kappa shape index (κ2) is 12.9. The van der Waals surface area contributed by atoms with Crippen molar-refractivity contribution in [2.24, 2.45) is 0 Å². The number of unbranched alkanes of at least 4 members (excludes halogenated alkanes) is 9. The summed E-state index contributed by atoms with van der Waals surface area (Å²) < 4.78 is 2.14. The van der Waals surface area contributed by atoms with Crippen LogP contribution in [-0.2, 0) is 6.54 Å². The Bertz CT molecular complexity index is 308. The van der Waals surface area contributed by atoms with Crippen LogP contribution in [0.15, 0.2) is 18.7 Å². The van der Waals surface area contributed by atoms with Crippen LogP contribution in [0.5, 0.6) is 0 Å². The molecule has 122 valence electrons. The zero-order chi connectivity index (χ0) is 15.2. The summed E-state index contributed by atoms with van der Waals surface area (Å²) in [4.78, 5) is 4.07. The maximum absolute atomic E-state index is 4.07. The predicted octanol–water partition coefficient (Wildman–Crippen LogP) is 4.78. The van der Waals surface area contributed by atoms with Crippen LogP contribution in [0.4, 0.5) is 0 Å². The molecule has 1 heterocycles. The Labute approximate surface area is 131 Å². The molecule has 0 saturated heterocycles. The Kier molecular flexibility index (Phi) is 11.2. The van der Waals surface area contributed by atoms with E-state index < -0.39 is 0 Å². The lowest BCUT2D eigenvalue weighted by molar-refractivity contribution is 0.461. The van der Waals surface area contributed by atoms with Crippen LogP contribution in [0.25, 0.3) is 0 Å². The second-order valence-corrected chi connectivity index (χ2v) is 6.30. The molecule has 3 nitrogen and oxygen atoms in total. The molecule has 0 spiro atoms. The highest BCUT2D eigenvalue weighted by molar-refractivity contribution is 4.76. The van der Waals surface area contributed by atoms with E-state index >= 15 is 0 Å². The molecular formula is C18H35N3. The Morgan fingerprint density at radius 2 is 1.57 bits per heavy atom. The number of imidazole rings is 1. The van der Waals surface area contributed by atoms with Gasteiger partial charge in [-0.25, -0.2) is 4.98 Å². The first kappa shape index (κ1) is 18.2. The number of rotatable bonds is 14. The molecule has 1 aromatic heterocycles. The summed E-state index contributed by atoms with van der Waals surface area (Å²) in [7, 11) is 0. The monoisotopic (exact) mass is 293 g/mol. The molecule has 0 saturated carbocycles. The topological polar surface area (TPSA) is 29.9 Å². The Balaban J connectivity index is 1.80. The molecule has 0 aliphatic rings. The molecule has 1 atom stereocenters. The molecule has 0 aliphatic heterocycles. The quantitative estimate of drug-likeness (QED) is 0.500. The number of hydrogen-bond acceptors (Lipinski definition) is 2. The molecule has 0 radical (unpaired) electrons. The summed E-state index contributed by atoms with van der Waals surface area (Å²) in [6, 6.07) is 0.526. The fourth-order valence-electron chi connectivity index (χ4n) is 2.74. The van der Waals surface area contributed by atoms with Crippen LogP contribution in [0.1, 0.15) is 78.1 Å². The standard InChI is InChI=1S/C18H35N3/c1-3-4-5-6-7-8-9-10-11-12-13-20-18(2)16-21-15-14-19-17-21/h14-15,17-18,20H,3-13,16H2,1-2H3. The fraction of sp³-hybridized carbons (Fsp3) is 0.833. The van der Waals surface area contributed by atoms with Crippen molar-refractivity contribution in [1.29, 1.82) is 0 Å². The van der Waals surface area contributed by atoms with Gasteiger partial charge in [0.1, 0.15) is 0 Å². The van der Waals surface area contributed by atoms with Crippen molar-refractivity contribution >= 4 is 0 Å². The van der Waals surface area contributed by atoms with Gasteiger partial charge in [0.05, 0.1) is 6.33 Å². The van der Waals surface area contributed by atoms with Gasteiger partial charge in [0.2, 0.25) is 0 Å². The van der Waals surface area contributed by atoms with Crippen LogP contribution in [-0.4, -0.2) is 22.1 Å². The number of hydrogen-bond donors (Lipinski definition) is 1. The fourth-order valence-corrected chi connectivity index (χ4v) is 2.74. The molecule has 1 unspecified atom stereocenters. The largest absolute Gasteiger partial charge is 0.336 e. The van der Waals surface area contributed by atoms with E-state index in [2.05, 4.69) is 28.7 Å². The van der Waals surface area contributed by atoms with E-state index in [4.69, 9.17) is 0 Å². The van der Waals surface area contributed by atoms with Gasteiger partial charge in [0.25, 0.3) is 0 Å². The Morgan fingerprint density at radius 3 is 2.14 bits per heavy atom. The van der Waals surface area contributed by atoms with Crippen molar-refractivity contribution < 1.29 is 0 Å². The van der Waals surface area contributed by atoms with E-state index in [9.17, 15) is 0 Å². The van der Waals surface area contributed by atoms with E-state index in [1.165, 1.54) is 64.2 Å². The minimum Gasteiger partial charge on any atom is -0.336 e. The van der Waals surface area contributed by atoms with Crippen LogP contribution < -0.4 is 5.32 Å². The third-order valence-corrected chi connectivity index (χ3v) is 4.07. The van der Waals surface area contributed by atoms with Gasteiger partial charge in [-0.2, -0.15) is 0 Å². The zero-order valence-electron chi connectivity index (χ0n) is 14.2. The lowest BCUT2D eigenvalue weighted by atomic mass is 10.1. The SMILES string of the molecule is CCCCCCCCCCCCNC(C)Cn1ccnc1. The number of aromatic nitrogens is 2. The van der Waals surface area contributed by atoms with E-state index in [1.54, 1.807) is 0 Å². The maximum Gasteiger partial charge on any atom is 0.0946 e. The first-order valence-corrected chi connectivity index (χ1v) is 9.02. The molecule has 21 heavy (non-hydrogen) atoms. The van der Waals surface area contributed by atoms with Crippen LogP contribution >= 0.6 is 0 Å². The molecule has 0 fully saturated rings. The van der Waals surface area contributed by atoms with E-state index in [0.717, 1.165) is 13.1 Å². The highest BCUT2D eigenvalue weighted by Gasteiger charge is 2.01. The zero-order valence-corrected chi connectivity index (χ0v) is 14.2. The summed E-state index contributed by atoms with van der Waals surface area (Å²) in [5, 5.41) is 3.60. The smallest absolute Gasteiger partial charge is 0.0946 e. The predicted molar refractivity (Wildman–Crippen MR) is 91.5 cm³/mol. The van der Waals surface area contributed by atoms with Gasteiger partial charge in [-0.3, -0.25) is 0 Å². The van der Waals surface area contributed by atoms with Crippen molar-refractivity contribution in [3.63, 3.8) is 0 Å². The van der Waals surface area contributed by atoms with Crippen molar-refractivity contribution in [1.82, 2.24) is 14.9 Å². The van der Waals surface area contributed by atoms with Crippen LogP contribution in [0, 0.1) is 0 Å². The lowest BCUT2D eigenvalue weighted by Gasteiger charge is -2.14. The highest BCUT2D eigenvalue weighted by atomic mass is 15.1. The average molecular weight is 293 g/mol. The number of nitrogens with zero attached hydrogens (tertiary/aromatic N) is 2. The lowest BCUT2D eigenvalue weighted by Crippen LogP contribution is -2.30. The molecule has 0 aromatic carbocycles. The van der Waals surface area contributed by atoms with Crippen molar-refractivity contribution in [3.8, 4) is 0 Å². The summed E-state index contributed by atoms with van der Waals surface area (Å²) in [5.74, 6) is 0. The van der Waals surface area contributed by atoms with Crippen LogP contribution in [0.3, 0.4) is 0 Å². The second-order valence-electron chi connectivity index (χ2n) is 6.30. The van der Waals surface area contributed by atoms with Crippen LogP contribution in [0.2, 0.25) is 0 Å². The molecule has 0 aliphatic carbocycles. The van der Waals surface area contributed by atoms with E-state index in [0.29, 0.717) is 6.04 Å². The van der Waals surface area contributed by atoms with Crippen molar-refractivity contribution in [3.05, 3.63) is 18.7 Å². The Morgan fingerprint density at radius 1 is 0.952 bits per heavy atom. The molecule has 3 heteroatoms. The molecule has 0 bridgehead atoms. The van der Waals surface area contributed by atoms with Crippen molar-refractivity contribution in [2.45, 2.75) is 90.6 Å². The molecule has 0 amide bonds. The van der Waals surface area contributed by atoms with Gasteiger partial charge in [-0.05, 0) is 19.9 Å². The van der Waals surface area contributed by atoms with Crippen molar-refractivity contribution in [2.75, 3.05) is 6.54 Å². The third kappa shape index (κ3) is 10.5. The average Bonchev–Trinajstić information content (AvgIpc) is 2.97. The molecule has 1 rings (SSSR count). The maximum atomic E-state index is 4.07. The van der Waals surface area contributed by atoms with Gasteiger partial charge in [0, 0.05) is 25.0 Å². The highest BCUT2D eigenvalue weighted by Crippen LogP contribution is 2.10. The van der Waals surface area contributed by atoms with E-state index in [1.807, 2.05) is 18.7 Å². The minimum atomic E-state index is 0.526. The molecule has 1 aromatic rings. The van der Waals surface area contributed by atoms with E-state index in [-0.39, 0.29) is 0 Å². The van der Waals surface area contributed by atoms with Gasteiger partial charge >= 0.3 is 0 Å². The minimum absolute atomic E-state index is 0.526. The summed E-state index contributed by atoms with van der Waals surface area (Å²) in [6.07, 6.45) is 19.8. The van der Waals surface area contributed by atoms with Gasteiger partial charge in [0.15, 0.2) is 0 Å². The first-order valence-electron chi connectivity index (χ1n) is 9.02. The molecule has 1 N–H and O–H groups in total. The Hall–Kier alpha value is -0.830. The van der Waals surface area contributed by atoms with Gasteiger partial charge in [-0.1, -0.05) is 64.7 Å². The first-order chi connectivity index (χ1) is 10.3. The summed E-state index contributed by atoms with van der Waals surface area (Å²) in [6.45, 7) is 6.69. The summed E-state index contributed by atoms with van der Waals surface area (Å²) in [5.41, 5.74) is 0. The van der Waals surface area contributed by atoms with Gasteiger partial charge < -0.3 is 9.88 Å². The third-order valence-electron chi connectivity index (χ3n) is 4.07. The normalized spacial score (nSPS) is 12.7. The van der Waals surface area contributed by atoms with Gasteiger partial charge in [-0.15, -0.1) is 0 Å².